The molecule has 6 heteroatoms. The van der Waals surface area contributed by atoms with E-state index in [0.29, 0.717) is 29.8 Å². The minimum atomic E-state index is 0.323. The normalized spacial score (nSPS) is 11.8. The Labute approximate surface area is 111 Å². The third-order valence-corrected chi connectivity index (χ3v) is 2.41. The first-order valence-corrected chi connectivity index (χ1v) is 6.01. The van der Waals surface area contributed by atoms with Gasteiger partial charge in [-0.1, -0.05) is 19.0 Å². The zero-order chi connectivity index (χ0) is 13.7. The summed E-state index contributed by atoms with van der Waals surface area (Å²) in [5.74, 6) is 1.15. The highest BCUT2D eigenvalue weighted by molar-refractivity contribution is 6.01. The van der Waals surface area contributed by atoms with Crippen LogP contribution in [0.1, 0.15) is 19.4 Å². The lowest BCUT2D eigenvalue weighted by Crippen LogP contribution is -2.15. The summed E-state index contributed by atoms with van der Waals surface area (Å²) in [5.41, 5.74) is 0.614. The zero-order valence-electron chi connectivity index (χ0n) is 10.9. The fraction of sp³-hybridized carbons (Fsp3) is 0.308. The van der Waals surface area contributed by atoms with Crippen molar-refractivity contribution in [3.05, 3.63) is 42.6 Å². The number of hydrogen-bond acceptors (Lipinski definition) is 5. The van der Waals surface area contributed by atoms with Crippen molar-refractivity contribution in [3.63, 3.8) is 0 Å². The highest BCUT2D eigenvalue weighted by Gasteiger charge is 2.14. The van der Waals surface area contributed by atoms with E-state index in [1.54, 1.807) is 41.6 Å². The second-order valence-electron chi connectivity index (χ2n) is 4.45. The maximum Gasteiger partial charge on any atom is 0.224 e. The molecule has 0 amide bonds. The van der Waals surface area contributed by atoms with Crippen LogP contribution in [0.4, 0.5) is 0 Å². The van der Waals surface area contributed by atoms with E-state index in [9.17, 15) is 5.21 Å². The van der Waals surface area contributed by atoms with Gasteiger partial charge in [0.05, 0.1) is 12.2 Å². The SMILES string of the molecule is CC(C)COc1ncccc1/C(=N/O)n1ccnc1. The predicted octanol–water partition coefficient (Wildman–Crippen LogP) is 2.00. The van der Waals surface area contributed by atoms with Gasteiger partial charge in [-0.3, -0.25) is 4.57 Å². The first-order valence-electron chi connectivity index (χ1n) is 6.01. The maximum atomic E-state index is 9.21. The van der Waals surface area contributed by atoms with Crippen molar-refractivity contribution in [1.29, 1.82) is 0 Å². The summed E-state index contributed by atoms with van der Waals surface area (Å²) >= 11 is 0. The molecule has 0 unspecified atom stereocenters. The van der Waals surface area contributed by atoms with Crippen LogP contribution >= 0.6 is 0 Å². The predicted molar refractivity (Wildman–Crippen MR) is 70.5 cm³/mol. The Kier molecular flexibility index (Phi) is 4.12. The summed E-state index contributed by atoms with van der Waals surface area (Å²) in [5, 5.41) is 12.5. The summed E-state index contributed by atoms with van der Waals surface area (Å²) in [6, 6.07) is 3.55. The van der Waals surface area contributed by atoms with Gasteiger partial charge >= 0.3 is 0 Å². The van der Waals surface area contributed by atoms with E-state index in [4.69, 9.17) is 4.74 Å². The third kappa shape index (κ3) is 3.09. The molecule has 0 aliphatic carbocycles. The van der Waals surface area contributed by atoms with E-state index in [2.05, 4.69) is 29.0 Å². The van der Waals surface area contributed by atoms with Crippen molar-refractivity contribution in [2.75, 3.05) is 6.61 Å². The Morgan fingerprint density at radius 2 is 2.32 bits per heavy atom. The van der Waals surface area contributed by atoms with E-state index in [1.165, 1.54) is 0 Å². The van der Waals surface area contributed by atoms with Gasteiger partial charge in [-0.2, -0.15) is 0 Å². The smallest absolute Gasteiger partial charge is 0.224 e. The van der Waals surface area contributed by atoms with Gasteiger partial charge in [-0.15, -0.1) is 0 Å². The summed E-state index contributed by atoms with van der Waals surface area (Å²) in [4.78, 5) is 8.11. The average Bonchev–Trinajstić information content (AvgIpc) is 2.92. The maximum absolute atomic E-state index is 9.21. The van der Waals surface area contributed by atoms with Crippen LogP contribution in [0.2, 0.25) is 0 Å². The summed E-state index contributed by atoms with van der Waals surface area (Å²) in [6.07, 6.45) is 6.49. The summed E-state index contributed by atoms with van der Waals surface area (Å²) in [7, 11) is 0. The molecule has 0 saturated heterocycles. The lowest BCUT2D eigenvalue weighted by molar-refractivity contribution is 0.260. The molecule has 0 radical (unpaired) electrons. The molecular weight excluding hydrogens is 244 g/mol. The van der Waals surface area contributed by atoms with Crippen molar-refractivity contribution >= 4 is 5.84 Å². The van der Waals surface area contributed by atoms with Crippen LogP contribution < -0.4 is 4.74 Å². The minimum Gasteiger partial charge on any atom is -0.477 e. The van der Waals surface area contributed by atoms with Crippen LogP contribution in [0, 0.1) is 5.92 Å². The Hall–Kier alpha value is -2.37. The average molecular weight is 260 g/mol. The molecule has 0 atom stereocenters. The van der Waals surface area contributed by atoms with Crippen LogP contribution in [0.25, 0.3) is 0 Å². The quantitative estimate of drug-likeness (QED) is 0.395. The molecule has 0 aliphatic heterocycles. The van der Waals surface area contributed by atoms with Crippen molar-refractivity contribution < 1.29 is 9.94 Å². The Balaban J connectivity index is 2.33. The van der Waals surface area contributed by atoms with E-state index >= 15 is 0 Å². The monoisotopic (exact) mass is 260 g/mol. The van der Waals surface area contributed by atoms with Gasteiger partial charge in [0.25, 0.3) is 0 Å². The number of imidazole rings is 1. The fourth-order valence-electron chi connectivity index (χ4n) is 1.55. The van der Waals surface area contributed by atoms with Crippen LogP contribution in [0.15, 0.2) is 42.2 Å². The Morgan fingerprint density at radius 1 is 1.47 bits per heavy atom. The molecule has 2 aromatic heterocycles. The second-order valence-corrected chi connectivity index (χ2v) is 4.45. The highest BCUT2D eigenvalue weighted by atomic mass is 16.5. The van der Waals surface area contributed by atoms with Gasteiger partial charge in [0.1, 0.15) is 6.33 Å². The lowest BCUT2D eigenvalue weighted by Gasteiger charge is -2.12. The van der Waals surface area contributed by atoms with Crippen LogP contribution in [0.5, 0.6) is 5.88 Å². The van der Waals surface area contributed by atoms with Gasteiger partial charge in [0.2, 0.25) is 5.88 Å². The number of ether oxygens (including phenoxy) is 1. The van der Waals surface area contributed by atoms with Crippen LogP contribution in [0.3, 0.4) is 0 Å². The lowest BCUT2D eigenvalue weighted by atomic mass is 10.2. The molecule has 0 aromatic carbocycles. The van der Waals surface area contributed by atoms with E-state index < -0.39 is 0 Å². The molecule has 2 rings (SSSR count). The van der Waals surface area contributed by atoms with Crippen molar-refractivity contribution in [2.24, 2.45) is 11.1 Å². The molecule has 1 N–H and O–H groups in total. The second kappa shape index (κ2) is 5.99. The molecule has 19 heavy (non-hydrogen) atoms. The van der Waals surface area contributed by atoms with Crippen molar-refractivity contribution in [2.45, 2.75) is 13.8 Å². The van der Waals surface area contributed by atoms with Crippen LogP contribution in [-0.2, 0) is 0 Å². The number of pyridine rings is 1. The van der Waals surface area contributed by atoms with Gasteiger partial charge in [-0.25, -0.2) is 9.97 Å². The first-order chi connectivity index (χ1) is 9.22. The largest absolute Gasteiger partial charge is 0.477 e. The van der Waals surface area contributed by atoms with Crippen LogP contribution in [-0.4, -0.2) is 32.2 Å². The molecule has 100 valence electrons. The van der Waals surface area contributed by atoms with E-state index in [-0.39, 0.29) is 0 Å². The number of oxime groups is 1. The molecule has 6 nitrogen and oxygen atoms in total. The number of aromatic nitrogens is 3. The standard InChI is InChI=1S/C13H16N4O2/c1-10(2)8-19-13-11(4-3-5-15-13)12(16-18)17-7-6-14-9-17/h3-7,9-10,18H,8H2,1-2H3/b16-12-. The fourth-order valence-corrected chi connectivity index (χ4v) is 1.55. The molecular formula is C13H16N4O2. The molecule has 2 heterocycles. The van der Waals surface area contributed by atoms with Gasteiger partial charge < -0.3 is 9.94 Å². The van der Waals surface area contributed by atoms with Gasteiger partial charge in [-0.05, 0) is 18.1 Å². The molecule has 0 aliphatic rings. The number of nitrogens with zero attached hydrogens (tertiary/aromatic N) is 4. The van der Waals surface area contributed by atoms with E-state index in [0.717, 1.165) is 0 Å². The van der Waals surface area contributed by atoms with Crippen molar-refractivity contribution in [1.82, 2.24) is 14.5 Å². The molecule has 0 bridgehead atoms. The molecule has 0 fully saturated rings. The van der Waals surface area contributed by atoms with Gasteiger partial charge in [0, 0.05) is 18.6 Å². The zero-order valence-corrected chi connectivity index (χ0v) is 10.9. The molecule has 0 spiro atoms. The summed E-state index contributed by atoms with van der Waals surface area (Å²) < 4.78 is 7.24. The number of hydrogen-bond donors (Lipinski definition) is 1. The summed E-state index contributed by atoms with van der Waals surface area (Å²) in [6.45, 7) is 4.66. The van der Waals surface area contributed by atoms with E-state index in [1.807, 2.05) is 0 Å². The van der Waals surface area contributed by atoms with Crippen molar-refractivity contribution in [3.8, 4) is 5.88 Å². The third-order valence-electron chi connectivity index (χ3n) is 2.41. The Bertz CT molecular complexity index is 550. The molecule has 0 saturated carbocycles. The Morgan fingerprint density at radius 3 is 2.95 bits per heavy atom. The molecule has 2 aromatic rings. The highest BCUT2D eigenvalue weighted by Crippen LogP contribution is 2.17. The number of rotatable bonds is 4. The first kappa shape index (κ1) is 13.1. The topological polar surface area (TPSA) is 72.5 Å². The van der Waals surface area contributed by atoms with Gasteiger partial charge in [0.15, 0.2) is 5.84 Å². The minimum absolute atomic E-state index is 0.323.